The fourth-order valence-corrected chi connectivity index (χ4v) is 1.60. The minimum atomic E-state index is 0.788. The summed E-state index contributed by atoms with van der Waals surface area (Å²) in [4.78, 5) is 2.21. The Morgan fingerprint density at radius 2 is 2.07 bits per heavy atom. The molecule has 0 amide bonds. The average Bonchev–Trinajstić information content (AvgIpc) is 2.25. The average molecular weight is 232 g/mol. The van der Waals surface area contributed by atoms with E-state index in [-0.39, 0.29) is 0 Å². The van der Waals surface area contributed by atoms with Gasteiger partial charge in [-0.1, -0.05) is 13.3 Å². The summed E-state index contributed by atoms with van der Waals surface area (Å²) in [6.07, 6.45) is 3.42. The first kappa shape index (κ1) is 14.6. The number of nitrogens with one attached hydrogen (secondary N) is 1. The Morgan fingerprint density at radius 3 is 2.60 bits per heavy atom. The maximum absolute atomic E-state index is 5.31. The highest BCUT2D eigenvalue weighted by Crippen LogP contribution is 1.95. The van der Waals surface area contributed by atoms with Crippen LogP contribution in [0.1, 0.15) is 33.1 Å². The van der Waals surface area contributed by atoms with Crippen LogP contribution in [0.15, 0.2) is 0 Å². The fraction of sp³-hybridized carbons (Fsp3) is 0.909. The molecule has 0 fully saturated rings. The van der Waals surface area contributed by atoms with Gasteiger partial charge in [0.25, 0.3) is 0 Å². The lowest BCUT2D eigenvalue weighted by Gasteiger charge is -2.24. The molecule has 0 atom stereocenters. The Bertz CT molecular complexity index is 165. The quantitative estimate of drug-likeness (QED) is 0.511. The zero-order valence-corrected chi connectivity index (χ0v) is 11.0. The first-order valence-electron chi connectivity index (χ1n) is 5.77. The van der Waals surface area contributed by atoms with Crippen LogP contribution in [-0.2, 0) is 4.74 Å². The zero-order chi connectivity index (χ0) is 11.5. The number of unbranched alkanes of at least 4 members (excludes halogenated alkanes) is 1. The molecule has 0 aromatic carbocycles. The van der Waals surface area contributed by atoms with E-state index in [0.29, 0.717) is 0 Å². The topological polar surface area (TPSA) is 24.5 Å². The van der Waals surface area contributed by atoms with Crippen molar-refractivity contribution in [2.75, 3.05) is 33.4 Å². The molecule has 0 aromatic heterocycles. The molecule has 0 heterocycles. The normalized spacial score (nSPS) is 10.1. The van der Waals surface area contributed by atoms with Crippen LogP contribution >= 0.6 is 12.2 Å². The van der Waals surface area contributed by atoms with Crippen molar-refractivity contribution in [3.63, 3.8) is 0 Å². The van der Waals surface area contributed by atoms with Gasteiger partial charge < -0.3 is 15.0 Å². The Labute approximate surface area is 99.2 Å². The summed E-state index contributed by atoms with van der Waals surface area (Å²) in [6, 6.07) is 0. The lowest BCUT2D eigenvalue weighted by atomic mass is 10.3. The predicted octanol–water partition coefficient (Wildman–Crippen LogP) is 2.02. The Morgan fingerprint density at radius 1 is 1.33 bits per heavy atom. The molecule has 4 heteroatoms. The standard InChI is InChI=1S/C11H24N2OS/c1-4-6-9-13(5-2)11(15)12-8-7-10-14-3/h4-10H2,1-3H3,(H,12,15). The van der Waals surface area contributed by atoms with Gasteiger partial charge in [0.05, 0.1) is 0 Å². The number of methoxy groups -OCH3 is 1. The number of rotatable bonds is 8. The summed E-state index contributed by atoms with van der Waals surface area (Å²) in [5.74, 6) is 0. The highest BCUT2D eigenvalue weighted by molar-refractivity contribution is 7.80. The second kappa shape index (κ2) is 10.2. The highest BCUT2D eigenvalue weighted by atomic mass is 32.1. The summed E-state index contributed by atoms with van der Waals surface area (Å²) >= 11 is 5.31. The van der Waals surface area contributed by atoms with Gasteiger partial charge in [-0.3, -0.25) is 0 Å². The van der Waals surface area contributed by atoms with Gasteiger partial charge in [0.15, 0.2) is 5.11 Å². The minimum absolute atomic E-state index is 0.788. The lowest BCUT2D eigenvalue weighted by Crippen LogP contribution is -2.40. The maximum atomic E-state index is 5.31. The highest BCUT2D eigenvalue weighted by Gasteiger charge is 2.05. The number of ether oxygens (including phenoxy) is 1. The monoisotopic (exact) mass is 232 g/mol. The van der Waals surface area contributed by atoms with Crippen LogP contribution < -0.4 is 5.32 Å². The van der Waals surface area contributed by atoms with E-state index >= 15 is 0 Å². The Hall–Kier alpha value is -0.350. The van der Waals surface area contributed by atoms with E-state index in [2.05, 4.69) is 24.1 Å². The second-order valence-corrected chi connectivity index (χ2v) is 3.90. The number of nitrogens with zero attached hydrogens (tertiary/aromatic N) is 1. The van der Waals surface area contributed by atoms with Crippen molar-refractivity contribution in [2.45, 2.75) is 33.1 Å². The molecule has 0 aliphatic carbocycles. The Balaban J connectivity index is 3.63. The molecule has 0 aromatic rings. The van der Waals surface area contributed by atoms with Crippen LogP contribution in [0.2, 0.25) is 0 Å². The van der Waals surface area contributed by atoms with E-state index in [1.54, 1.807) is 7.11 Å². The summed E-state index contributed by atoms with van der Waals surface area (Å²) < 4.78 is 4.98. The van der Waals surface area contributed by atoms with Crippen LogP contribution in [0.25, 0.3) is 0 Å². The summed E-state index contributed by atoms with van der Waals surface area (Å²) in [6.45, 7) is 8.06. The third kappa shape index (κ3) is 7.56. The van der Waals surface area contributed by atoms with Gasteiger partial charge in [-0.25, -0.2) is 0 Å². The van der Waals surface area contributed by atoms with Gasteiger partial charge in [-0.05, 0) is 32.0 Å². The fourth-order valence-electron chi connectivity index (χ4n) is 1.28. The van der Waals surface area contributed by atoms with Gasteiger partial charge in [0, 0.05) is 33.4 Å². The van der Waals surface area contributed by atoms with E-state index in [4.69, 9.17) is 17.0 Å². The molecular formula is C11H24N2OS. The van der Waals surface area contributed by atoms with Gasteiger partial charge in [-0.15, -0.1) is 0 Å². The first-order valence-corrected chi connectivity index (χ1v) is 6.18. The molecule has 0 unspecified atom stereocenters. The van der Waals surface area contributed by atoms with Crippen molar-refractivity contribution in [2.24, 2.45) is 0 Å². The van der Waals surface area contributed by atoms with Crippen LogP contribution in [0.5, 0.6) is 0 Å². The molecule has 0 aliphatic rings. The van der Waals surface area contributed by atoms with Gasteiger partial charge in [0.1, 0.15) is 0 Å². The van der Waals surface area contributed by atoms with Crippen molar-refractivity contribution in [3.8, 4) is 0 Å². The molecule has 1 N–H and O–H groups in total. The number of hydrogen-bond donors (Lipinski definition) is 1. The molecule has 90 valence electrons. The molecule has 0 rings (SSSR count). The second-order valence-electron chi connectivity index (χ2n) is 3.51. The smallest absolute Gasteiger partial charge is 0.168 e. The van der Waals surface area contributed by atoms with Crippen molar-refractivity contribution in [1.82, 2.24) is 10.2 Å². The van der Waals surface area contributed by atoms with Crippen LogP contribution in [-0.4, -0.2) is 43.4 Å². The number of hydrogen-bond acceptors (Lipinski definition) is 2. The van der Waals surface area contributed by atoms with Gasteiger partial charge in [0.2, 0.25) is 0 Å². The van der Waals surface area contributed by atoms with E-state index in [1.807, 2.05) is 0 Å². The summed E-state index contributed by atoms with van der Waals surface area (Å²) in [5, 5.41) is 4.13. The lowest BCUT2D eigenvalue weighted by molar-refractivity contribution is 0.195. The predicted molar refractivity (Wildman–Crippen MR) is 69.2 cm³/mol. The summed E-state index contributed by atoms with van der Waals surface area (Å²) in [5.41, 5.74) is 0. The van der Waals surface area contributed by atoms with Crippen molar-refractivity contribution < 1.29 is 4.74 Å². The molecule has 0 saturated heterocycles. The van der Waals surface area contributed by atoms with Crippen molar-refractivity contribution in [3.05, 3.63) is 0 Å². The van der Waals surface area contributed by atoms with E-state index < -0.39 is 0 Å². The molecule has 3 nitrogen and oxygen atoms in total. The molecule has 15 heavy (non-hydrogen) atoms. The van der Waals surface area contributed by atoms with E-state index in [1.165, 1.54) is 12.8 Å². The van der Waals surface area contributed by atoms with E-state index in [9.17, 15) is 0 Å². The largest absolute Gasteiger partial charge is 0.385 e. The molecular weight excluding hydrogens is 208 g/mol. The molecule has 0 saturated carbocycles. The molecule has 0 radical (unpaired) electrons. The minimum Gasteiger partial charge on any atom is -0.385 e. The Kier molecular flexibility index (Phi) is 9.94. The van der Waals surface area contributed by atoms with Gasteiger partial charge >= 0.3 is 0 Å². The maximum Gasteiger partial charge on any atom is 0.168 e. The summed E-state index contributed by atoms with van der Waals surface area (Å²) in [7, 11) is 1.72. The van der Waals surface area contributed by atoms with Crippen LogP contribution in [0.4, 0.5) is 0 Å². The van der Waals surface area contributed by atoms with Crippen LogP contribution in [0, 0.1) is 0 Å². The zero-order valence-electron chi connectivity index (χ0n) is 10.2. The molecule has 0 aliphatic heterocycles. The first-order chi connectivity index (χ1) is 7.26. The van der Waals surface area contributed by atoms with Crippen LogP contribution in [0.3, 0.4) is 0 Å². The van der Waals surface area contributed by atoms with Crippen molar-refractivity contribution in [1.29, 1.82) is 0 Å². The molecule has 0 bridgehead atoms. The van der Waals surface area contributed by atoms with Crippen molar-refractivity contribution >= 4 is 17.3 Å². The third-order valence-electron chi connectivity index (χ3n) is 2.25. The van der Waals surface area contributed by atoms with Gasteiger partial charge in [-0.2, -0.15) is 0 Å². The molecule has 0 spiro atoms. The van der Waals surface area contributed by atoms with E-state index in [0.717, 1.165) is 37.8 Å². The number of thiocarbonyl (C=S) groups is 1. The third-order valence-corrected chi connectivity index (χ3v) is 2.65. The SMILES string of the molecule is CCCCN(CC)C(=S)NCCCOC.